The topological polar surface area (TPSA) is 8.81 Å². The first-order valence-corrected chi connectivity index (χ1v) is 10.8. The van der Waals surface area contributed by atoms with E-state index in [1.165, 1.54) is 96.4 Å². The van der Waals surface area contributed by atoms with E-state index in [1.54, 1.807) is 11.4 Å². The molecule has 2 heteroatoms. The Morgan fingerprint density at radius 1 is 0.708 bits per heavy atom. The number of imidazole rings is 1. The van der Waals surface area contributed by atoms with Gasteiger partial charge in [-0.05, 0) is 25.7 Å². The Hall–Kier alpha value is -0.790. The van der Waals surface area contributed by atoms with Crippen molar-refractivity contribution in [3.05, 3.63) is 17.7 Å². The molecule has 0 aliphatic rings. The molecular formula is C22H43N2+. The van der Waals surface area contributed by atoms with E-state index in [1.807, 2.05) is 0 Å². The molecule has 0 radical (unpaired) electrons. The highest BCUT2D eigenvalue weighted by molar-refractivity contribution is 5.09. The molecule has 0 atom stereocenters. The van der Waals surface area contributed by atoms with Crippen molar-refractivity contribution in [3.8, 4) is 0 Å². The van der Waals surface area contributed by atoms with Gasteiger partial charge in [-0.15, -0.1) is 0 Å². The second kappa shape index (κ2) is 13.5. The van der Waals surface area contributed by atoms with E-state index in [-0.39, 0.29) is 0 Å². The van der Waals surface area contributed by atoms with Gasteiger partial charge in [-0.25, -0.2) is 9.13 Å². The van der Waals surface area contributed by atoms with Crippen LogP contribution in [0.25, 0.3) is 0 Å². The third kappa shape index (κ3) is 7.85. The van der Waals surface area contributed by atoms with Crippen molar-refractivity contribution < 1.29 is 4.57 Å². The lowest BCUT2D eigenvalue weighted by atomic mass is 10.0. The van der Waals surface area contributed by atoms with Crippen molar-refractivity contribution in [2.24, 2.45) is 7.05 Å². The molecule has 1 rings (SSSR count). The summed E-state index contributed by atoms with van der Waals surface area (Å²) in [5.41, 5.74) is 3.25. The van der Waals surface area contributed by atoms with Crippen LogP contribution in [-0.2, 0) is 26.4 Å². The molecule has 0 bridgehead atoms. The second-order valence-electron chi connectivity index (χ2n) is 7.50. The van der Waals surface area contributed by atoms with E-state index in [9.17, 15) is 0 Å². The third-order valence-corrected chi connectivity index (χ3v) is 5.20. The van der Waals surface area contributed by atoms with Crippen molar-refractivity contribution in [2.45, 2.75) is 117 Å². The van der Waals surface area contributed by atoms with Gasteiger partial charge in [0.1, 0.15) is 11.4 Å². The monoisotopic (exact) mass is 335 g/mol. The zero-order valence-electron chi connectivity index (χ0n) is 17.1. The first kappa shape index (κ1) is 21.3. The molecule has 0 aliphatic carbocycles. The zero-order chi connectivity index (χ0) is 17.6. The van der Waals surface area contributed by atoms with Crippen molar-refractivity contribution in [1.82, 2.24) is 4.57 Å². The summed E-state index contributed by atoms with van der Waals surface area (Å²) in [7, 11) is 2.26. The standard InChI is InChI=1S/C22H43N2/c1-5-8-11-14-17-21-22(18-15-12-9-6-2)24(20-23(21)4)19-16-13-10-7-3/h20H,5-19H2,1-4H3/q+1. The average Bonchev–Trinajstić information content (AvgIpc) is 2.87. The molecule has 1 aromatic heterocycles. The highest BCUT2D eigenvalue weighted by Gasteiger charge is 2.20. The van der Waals surface area contributed by atoms with Crippen molar-refractivity contribution in [1.29, 1.82) is 0 Å². The molecule has 0 N–H and O–H groups in total. The smallest absolute Gasteiger partial charge is 0.236 e. The fraction of sp³-hybridized carbons (Fsp3) is 0.864. The molecule has 2 nitrogen and oxygen atoms in total. The van der Waals surface area contributed by atoms with Gasteiger partial charge in [-0.1, -0.05) is 72.1 Å². The molecule has 24 heavy (non-hydrogen) atoms. The maximum atomic E-state index is 2.58. The van der Waals surface area contributed by atoms with E-state index in [0.717, 1.165) is 0 Å². The molecule has 0 saturated carbocycles. The van der Waals surface area contributed by atoms with Crippen molar-refractivity contribution in [3.63, 3.8) is 0 Å². The minimum atomic E-state index is 1.21. The van der Waals surface area contributed by atoms with Crippen molar-refractivity contribution in [2.75, 3.05) is 0 Å². The van der Waals surface area contributed by atoms with Crippen LogP contribution in [0.3, 0.4) is 0 Å². The van der Waals surface area contributed by atoms with Crippen LogP contribution in [0.4, 0.5) is 0 Å². The number of nitrogens with zero attached hydrogens (tertiary/aromatic N) is 2. The Balaban J connectivity index is 2.68. The van der Waals surface area contributed by atoms with Gasteiger partial charge in [0, 0.05) is 12.8 Å². The van der Waals surface area contributed by atoms with Gasteiger partial charge < -0.3 is 0 Å². The van der Waals surface area contributed by atoms with Gasteiger partial charge in [0.05, 0.1) is 13.6 Å². The maximum absolute atomic E-state index is 2.58. The summed E-state index contributed by atoms with van der Waals surface area (Å²) >= 11 is 0. The normalized spacial score (nSPS) is 11.3. The average molecular weight is 336 g/mol. The lowest BCUT2D eigenvalue weighted by Gasteiger charge is -2.05. The van der Waals surface area contributed by atoms with Crippen LogP contribution >= 0.6 is 0 Å². The van der Waals surface area contributed by atoms with Gasteiger partial charge in [0.15, 0.2) is 0 Å². The van der Waals surface area contributed by atoms with E-state index in [4.69, 9.17) is 0 Å². The summed E-state index contributed by atoms with van der Waals surface area (Å²) in [6.45, 7) is 8.11. The minimum Gasteiger partial charge on any atom is -0.236 e. The lowest BCUT2D eigenvalue weighted by Crippen LogP contribution is -2.30. The summed E-state index contributed by atoms with van der Waals surface area (Å²) in [6, 6.07) is 0. The van der Waals surface area contributed by atoms with Crippen LogP contribution in [0.1, 0.15) is 109 Å². The van der Waals surface area contributed by atoms with Crippen LogP contribution in [0, 0.1) is 0 Å². The summed E-state index contributed by atoms with van der Waals surface area (Å²) in [5.74, 6) is 0. The van der Waals surface area contributed by atoms with Gasteiger partial charge in [0.2, 0.25) is 6.33 Å². The fourth-order valence-corrected chi connectivity index (χ4v) is 3.67. The Labute approximate surface area is 151 Å². The lowest BCUT2D eigenvalue weighted by molar-refractivity contribution is -0.678. The number of aryl methyl sites for hydroxylation is 2. The van der Waals surface area contributed by atoms with Gasteiger partial charge in [-0.2, -0.15) is 0 Å². The zero-order valence-corrected chi connectivity index (χ0v) is 17.1. The SMILES string of the molecule is CCCCCCc1c(CCCCCC)[n+](C)cn1CCCCCC. The number of hydrogen-bond acceptors (Lipinski definition) is 0. The van der Waals surface area contributed by atoms with E-state index in [2.05, 4.69) is 43.3 Å². The molecular weight excluding hydrogens is 292 g/mol. The first-order valence-electron chi connectivity index (χ1n) is 10.8. The van der Waals surface area contributed by atoms with Gasteiger partial charge in [-0.3, -0.25) is 0 Å². The number of hydrogen-bond donors (Lipinski definition) is 0. The Bertz CT molecular complexity index is 420. The molecule has 0 spiro atoms. The van der Waals surface area contributed by atoms with Crippen LogP contribution in [-0.4, -0.2) is 4.57 Å². The van der Waals surface area contributed by atoms with Crippen LogP contribution in [0.5, 0.6) is 0 Å². The Morgan fingerprint density at radius 2 is 1.25 bits per heavy atom. The Kier molecular flexibility index (Phi) is 12.0. The summed E-state index contributed by atoms with van der Waals surface area (Å²) < 4.78 is 5.00. The van der Waals surface area contributed by atoms with Gasteiger partial charge in [0.25, 0.3) is 0 Å². The van der Waals surface area contributed by atoms with E-state index in [0.29, 0.717) is 0 Å². The molecule has 0 unspecified atom stereocenters. The highest BCUT2D eigenvalue weighted by atomic mass is 15.1. The Morgan fingerprint density at radius 3 is 1.83 bits per heavy atom. The molecule has 1 heterocycles. The molecule has 0 amide bonds. The summed E-state index contributed by atoms with van der Waals surface area (Å²) in [5, 5.41) is 0. The number of aromatic nitrogens is 2. The largest absolute Gasteiger partial charge is 0.243 e. The quantitative estimate of drug-likeness (QED) is 0.269. The molecule has 0 aliphatic heterocycles. The second-order valence-corrected chi connectivity index (χ2v) is 7.50. The molecule has 140 valence electrons. The van der Waals surface area contributed by atoms with Gasteiger partial charge >= 0.3 is 0 Å². The third-order valence-electron chi connectivity index (χ3n) is 5.20. The predicted molar refractivity (Wildman–Crippen MR) is 105 cm³/mol. The molecule has 0 aromatic carbocycles. The summed E-state index contributed by atoms with van der Waals surface area (Å²) in [4.78, 5) is 0. The van der Waals surface area contributed by atoms with Crippen molar-refractivity contribution >= 4 is 0 Å². The van der Waals surface area contributed by atoms with E-state index < -0.39 is 0 Å². The molecule has 0 fully saturated rings. The number of rotatable bonds is 15. The first-order chi connectivity index (χ1) is 11.7. The maximum Gasteiger partial charge on any atom is 0.243 e. The minimum absolute atomic E-state index is 1.21. The van der Waals surface area contributed by atoms with Crippen LogP contribution in [0.2, 0.25) is 0 Å². The van der Waals surface area contributed by atoms with Crippen LogP contribution < -0.4 is 4.57 Å². The van der Waals surface area contributed by atoms with Crippen LogP contribution in [0.15, 0.2) is 6.33 Å². The number of unbranched alkanes of at least 4 members (excludes halogenated alkanes) is 9. The van der Waals surface area contributed by atoms with E-state index >= 15 is 0 Å². The predicted octanol–water partition coefficient (Wildman–Crippen LogP) is 6.14. The summed E-state index contributed by atoms with van der Waals surface area (Å²) in [6.07, 6.45) is 21.2. The fourth-order valence-electron chi connectivity index (χ4n) is 3.67. The molecule has 1 aromatic rings. The highest BCUT2D eigenvalue weighted by Crippen LogP contribution is 2.16. The molecule has 0 saturated heterocycles.